The summed E-state index contributed by atoms with van der Waals surface area (Å²) in [6.07, 6.45) is 4.26. The van der Waals surface area contributed by atoms with Crippen LogP contribution in [0.1, 0.15) is 29.8 Å². The largest absolute Gasteiger partial charge is 0.378 e. The molecule has 1 aromatic rings. The minimum Gasteiger partial charge on any atom is -0.378 e. The average Bonchev–Trinajstić information content (AvgIpc) is 2.96. The number of ketones is 1. The second kappa shape index (κ2) is 6.63. The van der Waals surface area contributed by atoms with E-state index in [-0.39, 0.29) is 11.9 Å². The first-order valence-electron chi connectivity index (χ1n) is 6.58. The molecule has 0 spiro atoms. The lowest BCUT2D eigenvalue weighted by Gasteiger charge is -2.13. The van der Waals surface area contributed by atoms with Crippen LogP contribution in [0.15, 0.2) is 10.7 Å². The molecule has 0 radical (unpaired) electrons. The molecular weight excluding hydrogens is 310 g/mol. The van der Waals surface area contributed by atoms with Crippen LogP contribution in [0, 0.1) is 0 Å². The van der Waals surface area contributed by atoms with E-state index in [0.29, 0.717) is 18.7 Å². The number of aromatic nitrogens is 2. The van der Waals surface area contributed by atoms with E-state index in [9.17, 15) is 4.79 Å². The van der Waals surface area contributed by atoms with Crippen molar-refractivity contribution < 1.29 is 9.53 Å². The predicted molar refractivity (Wildman–Crippen MR) is 76.4 cm³/mol. The van der Waals surface area contributed by atoms with Crippen molar-refractivity contribution >= 4 is 21.7 Å². The van der Waals surface area contributed by atoms with Crippen LogP contribution in [0.5, 0.6) is 0 Å². The van der Waals surface area contributed by atoms with E-state index in [4.69, 9.17) is 4.74 Å². The van der Waals surface area contributed by atoms with Crippen molar-refractivity contribution in [1.82, 2.24) is 14.7 Å². The minimum atomic E-state index is 0.0802. The van der Waals surface area contributed by atoms with Crippen LogP contribution in [0.2, 0.25) is 0 Å². The first-order chi connectivity index (χ1) is 9.08. The maximum Gasteiger partial charge on any atom is 0.184 e. The van der Waals surface area contributed by atoms with Gasteiger partial charge < -0.3 is 9.64 Å². The fourth-order valence-corrected chi connectivity index (χ4v) is 2.73. The molecule has 0 aromatic carbocycles. The van der Waals surface area contributed by atoms with E-state index < -0.39 is 0 Å². The van der Waals surface area contributed by atoms with E-state index in [1.807, 2.05) is 14.1 Å². The minimum absolute atomic E-state index is 0.0802. The Morgan fingerprint density at radius 1 is 1.63 bits per heavy atom. The molecule has 2 heterocycles. The Morgan fingerprint density at radius 3 is 3.05 bits per heavy atom. The Morgan fingerprint density at radius 2 is 2.42 bits per heavy atom. The number of Topliss-reactive ketones (excluding diaryl/α,β-unsaturated/α-hetero) is 1. The number of likely N-dealkylation sites (N-methyl/N-ethyl adjacent to an activating group) is 1. The molecule has 106 valence electrons. The van der Waals surface area contributed by atoms with Crippen molar-refractivity contribution in [3.8, 4) is 0 Å². The van der Waals surface area contributed by atoms with Crippen molar-refractivity contribution in [1.29, 1.82) is 0 Å². The fourth-order valence-electron chi connectivity index (χ4n) is 2.21. The highest BCUT2D eigenvalue weighted by Gasteiger charge is 2.24. The molecule has 1 atom stereocenters. The van der Waals surface area contributed by atoms with Gasteiger partial charge >= 0.3 is 0 Å². The highest BCUT2D eigenvalue weighted by molar-refractivity contribution is 9.10. The van der Waals surface area contributed by atoms with E-state index in [1.165, 1.54) is 0 Å². The second-order valence-corrected chi connectivity index (χ2v) is 5.98. The summed E-state index contributed by atoms with van der Waals surface area (Å²) in [6.45, 7) is 2.35. The number of nitrogens with zero attached hydrogens (tertiary/aromatic N) is 3. The molecule has 1 fully saturated rings. The number of ether oxygens (including phenoxy) is 1. The number of carbonyl (C=O) groups is 1. The summed E-state index contributed by atoms with van der Waals surface area (Å²) in [7, 11) is 4.01. The number of halogens is 1. The molecule has 1 aromatic heterocycles. The second-order valence-electron chi connectivity index (χ2n) is 5.13. The number of hydrogen-bond donors (Lipinski definition) is 0. The van der Waals surface area contributed by atoms with Crippen LogP contribution >= 0.6 is 15.9 Å². The van der Waals surface area contributed by atoms with Gasteiger partial charge in [0.05, 0.1) is 23.3 Å². The summed E-state index contributed by atoms with van der Waals surface area (Å²) >= 11 is 3.42. The van der Waals surface area contributed by atoms with Gasteiger partial charge in [-0.15, -0.1) is 0 Å². The van der Waals surface area contributed by atoms with E-state index in [2.05, 4.69) is 25.9 Å². The molecule has 2 rings (SSSR count). The van der Waals surface area contributed by atoms with Crippen molar-refractivity contribution in [2.24, 2.45) is 0 Å². The zero-order valence-corrected chi connectivity index (χ0v) is 13.0. The molecule has 0 saturated carbocycles. The maximum atomic E-state index is 12.4. The Balaban J connectivity index is 2.04. The van der Waals surface area contributed by atoms with Gasteiger partial charge in [-0.2, -0.15) is 5.10 Å². The lowest BCUT2D eigenvalue weighted by Crippen LogP contribution is -2.23. The van der Waals surface area contributed by atoms with Crippen LogP contribution in [0.25, 0.3) is 0 Å². The summed E-state index contributed by atoms with van der Waals surface area (Å²) in [5.74, 6) is 0.107. The van der Waals surface area contributed by atoms with Crippen molar-refractivity contribution in [3.63, 3.8) is 0 Å². The average molecular weight is 330 g/mol. The predicted octanol–water partition coefficient (Wildman–Crippen LogP) is 1.96. The molecule has 0 bridgehead atoms. The first kappa shape index (κ1) is 14.7. The SMILES string of the molecule is CN(C)CCn1ncc(Br)c1C(=O)CC1CCCO1. The molecule has 5 nitrogen and oxygen atoms in total. The Hall–Kier alpha value is -0.720. The summed E-state index contributed by atoms with van der Waals surface area (Å²) in [4.78, 5) is 14.4. The highest BCUT2D eigenvalue weighted by Crippen LogP contribution is 2.22. The van der Waals surface area contributed by atoms with Crippen molar-refractivity contribution in [2.75, 3.05) is 27.2 Å². The maximum absolute atomic E-state index is 12.4. The molecule has 6 heteroatoms. The lowest BCUT2D eigenvalue weighted by atomic mass is 10.1. The Labute approximate surface area is 122 Å². The standard InChI is InChI=1S/C13H20BrN3O2/c1-16(2)5-6-17-13(11(14)9-15-17)12(18)8-10-4-3-7-19-10/h9-10H,3-8H2,1-2H3. The highest BCUT2D eigenvalue weighted by atomic mass is 79.9. The summed E-state index contributed by atoms with van der Waals surface area (Å²) in [5.41, 5.74) is 0.664. The smallest absolute Gasteiger partial charge is 0.184 e. The molecule has 19 heavy (non-hydrogen) atoms. The van der Waals surface area contributed by atoms with Gasteiger partial charge in [-0.3, -0.25) is 9.48 Å². The zero-order valence-electron chi connectivity index (χ0n) is 11.4. The van der Waals surface area contributed by atoms with Gasteiger partial charge in [0.1, 0.15) is 5.69 Å². The number of rotatable bonds is 6. The normalized spacial score (nSPS) is 19.3. The topological polar surface area (TPSA) is 47.4 Å². The van der Waals surface area contributed by atoms with Crippen molar-refractivity contribution in [2.45, 2.75) is 31.9 Å². The summed E-state index contributed by atoms with van der Waals surface area (Å²) in [5, 5.41) is 4.26. The number of carbonyl (C=O) groups excluding carboxylic acids is 1. The van der Waals surface area contributed by atoms with E-state index in [1.54, 1.807) is 10.9 Å². The number of hydrogen-bond acceptors (Lipinski definition) is 4. The molecule has 1 unspecified atom stereocenters. The van der Waals surface area contributed by atoms with Crippen molar-refractivity contribution in [3.05, 3.63) is 16.4 Å². The third-order valence-electron chi connectivity index (χ3n) is 3.25. The van der Waals surface area contributed by atoms with Crippen LogP contribution in [0.4, 0.5) is 0 Å². The third kappa shape index (κ3) is 3.87. The molecular formula is C13H20BrN3O2. The van der Waals surface area contributed by atoms with Gasteiger partial charge in [0, 0.05) is 19.6 Å². The fraction of sp³-hybridized carbons (Fsp3) is 0.692. The Kier molecular flexibility index (Phi) is 5.13. The third-order valence-corrected chi connectivity index (χ3v) is 3.84. The summed E-state index contributed by atoms with van der Waals surface area (Å²) < 4.78 is 8.08. The quantitative estimate of drug-likeness (QED) is 0.748. The monoisotopic (exact) mass is 329 g/mol. The van der Waals surface area contributed by atoms with Gasteiger partial charge in [0.15, 0.2) is 5.78 Å². The van der Waals surface area contributed by atoms with Gasteiger partial charge in [-0.05, 0) is 42.9 Å². The molecule has 0 N–H and O–H groups in total. The molecule has 0 amide bonds. The van der Waals surface area contributed by atoms with Crippen LogP contribution < -0.4 is 0 Å². The van der Waals surface area contributed by atoms with E-state index >= 15 is 0 Å². The lowest BCUT2D eigenvalue weighted by molar-refractivity contribution is 0.0766. The molecule has 0 aliphatic carbocycles. The van der Waals surface area contributed by atoms with Gasteiger partial charge in [-0.1, -0.05) is 0 Å². The molecule has 1 aliphatic rings. The van der Waals surface area contributed by atoms with E-state index in [0.717, 1.165) is 30.5 Å². The Bertz CT molecular complexity index is 439. The molecule has 1 aliphatic heterocycles. The van der Waals surface area contributed by atoms with Gasteiger partial charge in [0.25, 0.3) is 0 Å². The zero-order chi connectivity index (χ0) is 13.8. The molecule has 1 saturated heterocycles. The van der Waals surface area contributed by atoms with Gasteiger partial charge in [0.2, 0.25) is 0 Å². The summed E-state index contributed by atoms with van der Waals surface area (Å²) in [6, 6.07) is 0. The van der Waals surface area contributed by atoms with Gasteiger partial charge in [-0.25, -0.2) is 0 Å². The first-order valence-corrected chi connectivity index (χ1v) is 7.38. The van der Waals surface area contributed by atoms with Crippen LogP contribution in [0.3, 0.4) is 0 Å². The van der Waals surface area contributed by atoms with Crippen LogP contribution in [-0.4, -0.2) is 53.8 Å². The van der Waals surface area contributed by atoms with Crippen LogP contribution in [-0.2, 0) is 11.3 Å².